The summed E-state index contributed by atoms with van der Waals surface area (Å²) in [5, 5.41) is 10.2. The van der Waals surface area contributed by atoms with Crippen LogP contribution in [0.2, 0.25) is 0 Å². The predicted molar refractivity (Wildman–Crippen MR) is 111 cm³/mol. The zero-order chi connectivity index (χ0) is 20.6. The fourth-order valence-corrected chi connectivity index (χ4v) is 5.29. The van der Waals surface area contributed by atoms with Crippen molar-refractivity contribution in [2.45, 2.75) is 31.2 Å². The standard InChI is InChI=1S/C21H22N4O3S/c1-14-12-15(2)25(24-14)17-7-5-6-16(13-17)22-21(26)23-19-10-11-29(27,28)20-9-4-3-8-18(19)20/h3-9,12-13,19H,10-11H2,1-2H3,(H2,22,23,26). The minimum absolute atomic E-state index is 0.0162. The largest absolute Gasteiger partial charge is 0.331 e. The van der Waals surface area contributed by atoms with Crippen molar-refractivity contribution in [1.29, 1.82) is 0 Å². The number of fused-ring (bicyclic) bond motifs is 1. The van der Waals surface area contributed by atoms with Gasteiger partial charge in [-0.15, -0.1) is 0 Å². The topological polar surface area (TPSA) is 93.1 Å². The van der Waals surface area contributed by atoms with E-state index in [2.05, 4.69) is 15.7 Å². The van der Waals surface area contributed by atoms with Crippen LogP contribution in [0.4, 0.5) is 10.5 Å². The molecule has 29 heavy (non-hydrogen) atoms. The van der Waals surface area contributed by atoms with Gasteiger partial charge >= 0.3 is 6.03 Å². The van der Waals surface area contributed by atoms with Crippen LogP contribution in [0.5, 0.6) is 0 Å². The first-order valence-electron chi connectivity index (χ1n) is 9.36. The molecule has 0 aliphatic carbocycles. The Morgan fingerprint density at radius 3 is 2.66 bits per heavy atom. The Morgan fingerprint density at radius 2 is 1.90 bits per heavy atom. The van der Waals surface area contributed by atoms with Gasteiger partial charge in [0.05, 0.1) is 28.1 Å². The third-order valence-electron chi connectivity index (χ3n) is 4.97. The van der Waals surface area contributed by atoms with Crippen molar-refractivity contribution in [1.82, 2.24) is 15.1 Å². The summed E-state index contributed by atoms with van der Waals surface area (Å²) in [4.78, 5) is 12.9. The van der Waals surface area contributed by atoms with Crippen LogP contribution in [-0.2, 0) is 9.84 Å². The summed E-state index contributed by atoms with van der Waals surface area (Å²) in [6, 6.07) is 15.5. The van der Waals surface area contributed by atoms with Crippen LogP contribution < -0.4 is 10.6 Å². The van der Waals surface area contributed by atoms with Gasteiger partial charge in [-0.3, -0.25) is 0 Å². The Labute approximate surface area is 169 Å². The Balaban J connectivity index is 1.51. The monoisotopic (exact) mass is 410 g/mol. The van der Waals surface area contributed by atoms with E-state index in [-0.39, 0.29) is 17.8 Å². The second-order valence-electron chi connectivity index (χ2n) is 7.19. The molecule has 2 N–H and O–H groups in total. The van der Waals surface area contributed by atoms with E-state index >= 15 is 0 Å². The predicted octanol–water partition coefficient (Wildman–Crippen LogP) is 3.53. The molecule has 1 aliphatic heterocycles. The highest BCUT2D eigenvalue weighted by molar-refractivity contribution is 7.91. The van der Waals surface area contributed by atoms with Gasteiger partial charge in [-0.1, -0.05) is 24.3 Å². The van der Waals surface area contributed by atoms with Crippen molar-refractivity contribution >= 4 is 21.6 Å². The molecule has 1 aromatic heterocycles. The number of anilines is 1. The van der Waals surface area contributed by atoms with Gasteiger partial charge in [0.2, 0.25) is 0 Å². The van der Waals surface area contributed by atoms with E-state index < -0.39 is 9.84 Å². The average molecular weight is 410 g/mol. The van der Waals surface area contributed by atoms with Crippen LogP contribution in [-0.4, -0.2) is 30.0 Å². The quantitative estimate of drug-likeness (QED) is 0.691. The van der Waals surface area contributed by atoms with Crippen LogP contribution in [0.1, 0.15) is 29.4 Å². The lowest BCUT2D eigenvalue weighted by molar-refractivity contribution is 0.248. The molecule has 0 saturated heterocycles. The summed E-state index contributed by atoms with van der Waals surface area (Å²) in [5.41, 5.74) is 4.03. The highest BCUT2D eigenvalue weighted by Crippen LogP contribution is 2.31. The van der Waals surface area contributed by atoms with E-state index in [1.54, 1.807) is 30.3 Å². The number of urea groups is 1. The van der Waals surface area contributed by atoms with Crippen LogP contribution in [0, 0.1) is 13.8 Å². The molecule has 0 fully saturated rings. The van der Waals surface area contributed by atoms with Crippen molar-refractivity contribution in [2.24, 2.45) is 0 Å². The summed E-state index contributed by atoms with van der Waals surface area (Å²) < 4.78 is 26.3. The number of hydrogen-bond acceptors (Lipinski definition) is 4. The Kier molecular flexibility index (Phi) is 4.87. The molecule has 0 saturated carbocycles. The SMILES string of the molecule is Cc1cc(C)n(-c2cccc(NC(=O)NC3CCS(=O)(=O)c4ccccc43)c2)n1. The molecule has 150 valence electrons. The maximum absolute atomic E-state index is 12.6. The van der Waals surface area contributed by atoms with Gasteiger partial charge in [0, 0.05) is 11.4 Å². The number of aromatic nitrogens is 2. The van der Waals surface area contributed by atoms with E-state index in [9.17, 15) is 13.2 Å². The first-order chi connectivity index (χ1) is 13.8. The molecule has 1 aliphatic rings. The van der Waals surface area contributed by atoms with E-state index in [0.29, 0.717) is 22.6 Å². The molecule has 0 spiro atoms. The minimum Gasteiger partial charge on any atom is -0.331 e. The van der Waals surface area contributed by atoms with Gasteiger partial charge in [-0.2, -0.15) is 5.10 Å². The third-order valence-corrected chi connectivity index (χ3v) is 6.78. The lowest BCUT2D eigenvalue weighted by Gasteiger charge is -2.26. The first kappa shape index (κ1) is 19.2. The number of rotatable bonds is 3. The molecule has 8 heteroatoms. The molecule has 1 atom stereocenters. The highest BCUT2D eigenvalue weighted by atomic mass is 32.2. The number of hydrogen-bond donors (Lipinski definition) is 2. The second kappa shape index (κ2) is 7.36. The number of nitrogens with one attached hydrogen (secondary N) is 2. The summed E-state index contributed by atoms with van der Waals surface area (Å²) in [5.74, 6) is 0.0162. The van der Waals surface area contributed by atoms with E-state index in [4.69, 9.17) is 0 Å². The Morgan fingerprint density at radius 1 is 1.10 bits per heavy atom. The fraction of sp³-hybridized carbons (Fsp3) is 0.238. The van der Waals surface area contributed by atoms with Crippen LogP contribution in [0.15, 0.2) is 59.5 Å². The zero-order valence-corrected chi connectivity index (χ0v) is 17.0. The minimum atomic E-state index is -3.29. The van der Waals surface area contributed by atoms with Crippen LogP contribution in [0.3, 0.4) is 0 Å². The number of sulfone groups is 1. The lowest BCUT2D eigenvalue weighted by atomic mass is 10.0. The summed E-state index contributed by atoms with van der Waals surface area (Å²) >= 11 is 0. The molecule has 7 nitrogen and oxygen atoms in total. The molecule has 0 bridgehead atoms. The Hall–Kier alpha value is -3.13. The number of aryl methyl sites for hydroxylation is 2. The second-order valence-corrected chi connectivity index (χ2v) is 9.26. The summed E-state index contributed by atoms with van der Waals surface area (Å²) in [6.45, 7) is 3.91. The zero-order valence-electron chi connectivity index (χ0n) is 16.2. The van der Waals surface area contributed by atoms with Crippen molar-refractivity contribution in [3.8, 4) is 5.69 Å². The molecule has 0 radical (unpaired) electrons. The maximum atomic E-state index is 12.6. The fourth-order valence-electron chi connectivity index (χ4n) is 3.67. The third kappa shape index (κ3) is 3.88. The molecule has 4 rings (SSSR count). The molecular formula is C21H22N4O3S. The van der Waals surface area contributed by atoms with Gasteiger partial charge in [-0.05, 0) is 56.2 Å². The highest BCUT2D eigenvalue weighted by Gasteiger charge is 2.30. The van der Waals surface area contributed by atoms with Crippen LogP contribution in [0.25, 0.3) is 5.69 Å². The molecule has 2 heterocycles. The molecule has 1 unspecified atom stereocenters. The number of nitrogens with zero attached hydrogens (tertiary/aromatic N) is 2. The van der Waals surface area contributed by atoms with Gasteiger partial charge in [0.25, 0.3) is 0 Å². The van der Waals surface area contributed by atoms with Gasteiger partial charge in [0.1, 0.15) is 0 Å². The van der Waals surface area contributed by atoms with Gasteiger partial charge in [-0.25, -0.2) is 17.9 Å². The van der Waals surface area contributed by atoms with Crippen LogP contribution >= 0.6 is 0 Å². The Bertz CT molecular complexity index is 1180. The normalized spacial score (nSPS) is 17.4. The summed E-state index contributed by atoms with van der Waals surface area (Å²) in [7, 11) is -3.29. The van der Waals surface area contributed by atoms with Crippen molar-refractivity contribution in [3.63, 3.8) is 0 Å². The smallest absolute Gasteiger partial charge is 0.319 e. The number of carbonyl (C=O) groups is 1. The van der Waals surface area contributed by atoms with E-state index in [1.807, 2.05) is 42.8 Å². The van der Waals surface area contributed by atoms with Crippen molar-refractivity contribution in [2.75, 3.05) is 11.1 Å². The van der Waals surface area contributed by atoms with Gasteiger partial charge in [0.15, 0.2) is 9.84 Å². The maximum Gasteiger partial charge on any atom is 0.319 e. The molecule has 3 aromatic rings. The molecule has 2 amide bonds. The van der Waals surface area contributed by atoms with E-state index in [1.165, 1.54) is 0 Å². The first-order valence-corrected chi connectivity index (χ1v) is 11.0. The summed E-state index contributed by atoms with van der Waals surface area (Å²) in [6.07, 6.45) is 0.346. The number of amides is 2. The molecule has 2 aromatic carbocycles. The van der Waals surface area contributed by atoms with Crippen molar-refractivity contribution < 1.29 is 13.2 Å². The van der Waals surface area contributed by atoms with E-state index in [0.717, 1.165) is 17.1 Å². The van der Waals surface area contributed by atoms with Crippen molar-refractivity contribution in [3.05, 3.63) is 71.5 Å². The number of carbonyl (C=O) groups excluding carboxylic acids is 1. The number of benzene rings is 2. The average Bonchev–Trinajstić information content (AvgIpc) is 3.03. The van der Waals surface area contributed by atoms with Gasteiger partial charge < -0.3 is 10.6 Å². The molecular weight excluding hydrogens is 388 g/mol. The lowest BCUT2D eigenvalue weighted by Crippen LogP contribution is -2.36.